The summed E-state index contributed by atoms with van der Waals surface area (Å²) in [6.07, 6.45) is 4.15. The molecule has 0 atom stereocenters. The number of ether oxygens (including phenoxy) is 1. The molecule has 0 saturated heterocycles. The molecule has 4 rings (SSSR count). The van der Waals surface area contributed by atoms with E-state index in [9.17, 15) is 9.59 Å². The van der Waals surface area contributed by atoms with E-state index in [1.807, 2.05) is 0 Å². The second-order valence-electron chi connectivity index (χ2n) is 5.97. The van der Waals surface area contributed by atoms with Crippen molar-refractivity contribution in [3.63, 3.8) is 0 Å². The van der Waals surface area contributed by atoms with Crippen LogP contribution in [0.5, 0.6) is 0 Å². The van der Waals surface area contributed by atoms with Crippen molar-refractivity contribution in [2.75, 3.05) is 5.73 Å². The van der Waals surface area contributed by atoms with Crippen LogP contribution < -0.4 is 11.3 Å². The third-order valence-corrected chi connectivity index (χ3v) is 6.17. The molecule has 0 spiro atoms. The van der Waals surface area contributed by atoms with E-state index >= 15 is 0 Å². The fraction of sp³-hybridized carbons (Fsp3) is 0.375. The molecule has 3 aromatic rings. The molecule has 0 saturated carbocycles. The molecule has 9 heteroatoms. The maximum absolute atomic E-state index is 12.5. The summed E-state index contributed by atoms with van der Waals surface area (Å²) in [5.41, 5.74) is 7.99. The average Bonchev–Trinajstić information content (AvgIpc) is 3.12. The molecule has 130 valence electrons. The normalized spacial score (nSPS) is 13.8. The number of fused-ring (bicyclic) bond motifs is 3. The van der Waals surface area contributed by atoms with Gasteiger partial charge in [-0.15, -0.1) is 11.3 Å². The molecular formula is C16H16N4O3S2. The summed E-state index contributed by atoms with van der Waals surface area (Å²) < 4.78 is 11.0. The minimum Gasteiger partial charge on any atom is -0.455 e. The van der Waals surface area contributed by atoms with Gasteiger partial charge in [-0.3, -0.25) is 9.20 Å². The lowest BCUT2D eigenvalue weighted by atomic mass is 10.0. The number of thiazole rings is 1. The predicted octanol–water partition coefficient (Wildman–Crippen LogP) is 2.34. The van der Waals surface area contributed by atoms with Crippen molar-refractivity contribution in [3.8, 4) is 0 Å². The van der Waals surface area contributed by atoms with E-state index in [4.69, 9.17) is 10.5 Å². The Hall–Kier alpha value is -2.26. The van der Waals surface area contributed by atoms with Crippen LogP contribution in [0.3, 0.4) is 0 Å². The summed E-state index contributed by atoms with van der Waals surface area (Å²) in [5.74, 6) is -0.545. The SMILES string of the molecule is Cc1nsc(N)c1C(=O)OCc1cc(=O)n2c3c(sc2n1)CCCC3. The summed E-state index contributed by atoms with van der Waals surface area (Å²) in [6.45, 7) is 1.64. The molecule has 0 unspecified atom stereocenters. The summed E-state index contributed by atoms with van der Waals surface area (Å²) in [5, 5.41) is 0.330. The molecule has 0 aromatic carbocycles. The molecule has 0 radical (unpaired) electrons. The minimum absolute atomic E-state index is 0.0676. The molecule has 0 aliphatic heterocycles. The van der Waals surface area contributed by atoms with Gasteiger partial charge in [-0.25, -0.2) is 9.78 Å². The van der Waals surface area contributed by atoms with Crippen molar-refractivity contribution in [1.29, 1.82) is 0 Å². The van der Waals surface area contributed by atoms with Crippen molar-refractivity contribution >= 4 is 38.8 Å². The zero-order valence-electron chi connectivity index (χ0n) is 13.6. The topological polar surface area (TPSA) is 99.6 Å². The molecule has 0 amide bonds. The lowest BCUT2D eigenvalue weighted by Gasteiger charge is -2.10. The Bertz CT molecular complexity index is 1010. The number of hydrogen-bond acceptors (Lipinski definition) is 8. The maximum atomic E-state index is 12.5. The number of nitrogens with zero attached hydrogens (tertiary/aromatic N) is 3. The van der Waals surface area contributed by atoms with Gasteiger partial charge < -0.3 is 10.5 Å². The first kappa shape index (κ1) is 16.2. The van der Waals surface area contributed by atoms with Gasteiger partial charge in [0.05, 0.1) is 11.4 Å². The molecule has 1 aliphatic rings. The number of carbonyl (C=O) groups excluding carboxylic acids is 1. The van der Waals surface area contributed by atoms with E-state index < -0.39 is 5.97 Å². The standard InChI is InChI=1S/C16H16N4O3S2/c1-8-13(14(17)25-19-8)15(22)23-7-9-6-12(21)20-10-4-2-3-5-11(10)24-16(20)18-9/h6H,2-5,7,17H2,1H3. The molecule has 0 fully saturated rings. The smallest absolute Gasteiger partial charge is 0.343 e. The van der Waals surface area contributed by atoms with Gasteiger partial charge in [0.2, 0.25) is 0 Å². The summed E-state index contributed by atoms with van der Waals surface area (Å²) >= 11 is 2.61. The third kappa shape index (κ3) is 2.83. The quantitative estimate of drug-likeness (QED) is 0.704. The van der Waals surface area contributed by atoms with Gasteiger partial charge in [0.25, 0.3) is 5.56 Å². The number of aryl methyl sites for hydroxylation is 3. The van der Waals surface area contributed by atoms with Crippen LogP contribution in [0.2, 0.25) is 0 Å². The molecule has 7 nitrogen and oxygen atoms in total. The highest BCUT2D eigenvalue weighted by molar-refractivity contribution is 7.17. The largest absolute Gasteiger partial charge is 0.455 e. The summed E-state index contributed by atoms with van der Waals surface area (Å²) in [7, 11) is 0. The van der Waals surface area contributed by atoms with E-state index in [-0.39, 0.29) is 17.7 Å². The van der Waals surface area contributed by atoms with Gasteiger partial charge in [-0.2, -0.15) is 4.37 Å². The van der Waals surface area contributed by atoms with Crippen LogP contribution in [-0.2, 0) is 24.2 Å². The number of aromatic nitrogens is 3. The average molecular weight is 376 g/mol. The Morgan fingerprint density at radius 1 is 1.40 bits per heavy atom. The lowest BCUT2D eigenvalue weighted by Crippen LogP contribution is -2.18. The fourth-order valence-corrected chi connectivity index (χ4v) is 4.94. The van der Waals surface area contributed by atoms with Crippen molar-refractivity contribution in [2.24, 2.45) is 0 Å². The van der Waals surface area contributed by atoms with Crippen molar-refractivity contribution in [2.45, 2.75) is 39.2 Å². The number of carbonyl (C=O) groups is 1. The van der Waals surface area contributed by atoms with Crippen molar-refractivity contribution in [1.82, 2.24) is 13.8 Å². The monoisotopic (exact) mass is 376 g/mol. The van der Waals surface area contributed by atoms with Gasteiger partial charge in [0.15, 0.2) is 4.96 Å². The Kier molecular flexibility index (Phi) is 4.04. The fourth-order valence-electron chi connectivity index (χ4n) is 3.06. The first-order chi connectivity index (χ1) is 12.0. The second-order valence-corrected chi connectivity index (χ2v) is 7.83. The highest BCUT2D eigenvalue weighted by atomic mass is 32.1. The molecule has 25 heavy (non-hydrogen) atoms. The van der Waals surface area contributed by atoms with Crippen LogP contribution in [0.4, 0.5) is 5.00 Å². The number of rotatable bonds is 3. The maximum Gasteiger partial charge on any atom is 0.343 e. The van der Waals surface area contributed by atoms with E-state index in [1.165, 1.54) is 10.9 Å². The van der Waals surface area contributed by atoms with E-state index in [0.717, 1.165) is 42.9 Å². The van der Waals surface area contributed by atoms with Gasteiger partial charge in [-0.05, 0) is 44.1 Å². The number of nitrogen functional groups attached to an aromatic ring is 1. The molecular weight excluding hydrogens is 360 g/mol. The second kappa shape index (κ2) is 6.23. The van der Waals surface area contributed by atoms with E-state index in [0.29, 0.717) is 21.3 Å². The minimum atomic E-state index is -0.545. The number of anilines is 1. The highest BCUT2D eigenvalue weighted by Gasteiger charge is 2.20. The predicted molar refractivity (Wildman–Crippen MR) is 96.4 cm³/mol. The van der Waals surface area contributed by atoms with Crippen LogP contribution in [-0.4, -0.2) is 19.7 Å². The highest BCUT2D eigenvalue weighted by Crippen LogP contribution is 2.28. The first-order valence-electron chi connectivity index (χ1n) is 7.96. The Labute approximate surface area is 151 Å². The zero-order valence-corrected chi connectivity index (χ0v) is 15.2. The molecule has 1 aliphatic carbocycles. The molecule has 0 bridgehead atoms. The van der Waals surface area contributed by atoms with Crippen LogP contribution in [0.25, 0.3) is 4.96 Å². The molecule has 2 N–H and O–H groups in total. The molecule has 3 aromatic heterocycles. The van der Waals surface area contributed by atoms with Crippen LogP contribution in [0.15, 0.2) is 10.9 Å². The number of nitrogens with two attached hydrogens (primary N) is 1. The molecule has 3 heterocycles. The number of hydrogen-bond donors (Lipinski definition) is 1. The van der Waals surface area contributed by atoms with Gasteiger partial charge in [-0.1, -0.05) is 0 Å². The van der Waals surface area contributed by atoms with E-state index in [1.54, 1.807) is 22.7 Å². The lowest BCUT2D eigenvalue weighted by molar-refractivity contribution is 0.0468. The Morgan fingerprint density at radius 2 is 2.20 bits per heavy atom. The zero-order chi connectivity index (χ0) is 17.6. The van der Waals surface area contributed by atoms with Gasteiger partial charge in [0, 0.05) is 16.6 Å². The third-order valence-electron chi connectivity index (χ3n) is 4.26. The van der Waals surface area contributed by atoms with Crippen LogP contribution in [0.1, 0.15) is 45.2 Å². The van der Waals surface area contributed by atoms with Gasteiger partial charge in [0.1, 0.15) is 17.2 Å². The van der Waals surface area contributed by atoms with E-state index in [2.05, 4.69) is 9.36 Å². The van der Waals surface area contributed by atoms with Crippen LogP contribution >= 0.6 is 22.9 Å². The number of esters is 1. The van der Waals surface area contributed by atoms with Gasteiger partial charge >= 0.3 is 5.97 Å². The summed E-state index contributed by atoms with van der Waals surface area (Å²) in [6, 6.07) is 1.43. The van der Waals surface area contributed by atoms with Crippen LogP contribution in [0, 0.1) is 6.92 Å². The summed E-state index contributed by atoms with van der Waals surface area (Å²) in [4.78, 5) is 31.1. The van der Waals surface area contributed by atoms with Crippen molar-refractivity contribution in [3.05, 3.63) is 43.9 Å². The Balaban J connectivity index is 1.60. The first-order valence-corrected chi connectivity index (χ1v) is 9.55. The van der Waals surface area contributed by atoms with Crippen molar-refractivity contribution < 1.29 is 9.53 Å². The Morgan fingerprint density at radius 3 is 2.96 bits per heavy atom.